The Morgan fingerprint density at radius 1 is 1.15 bits per heavy atom. The summed E-state index contributed by atoms with van der Waals surface area (Å²) < 4.78 is 0. The maximum absolute atomic E-state index is 9.45. The Morgan fingerprint density at radius 2 is 1.69 bits per heavy atom. The van der Waals surface area contributed by atoms with Crippen LogP contribution in [-0.2, 0) is 5.54 Å². The summed E-state index contributed by atoms with van der Waals surface area (Å²) in [7, 11) is 0. The molecule has 0 saturated heterocycles. The molecule has 0 heterocycles. The van der Waals surface area contributed by atoms with Crippen LogP contribution in [0.5, 0.6) is 5.75 Å². The van der Waals surface area contributed by atoms with Crippen molar-refractivity contribution in [3.05, 3.63) is 28.8 Å². The molecule has 0 aliphatic rings. The van der Waals surface area contributed by atoms with Crippen molar-refractivity contribution in [1.29, 1.82) is 0 Å². The molecule has 3 N–H and O–H groups in total. The average Bonchev–Trinajstić information content (AvgIpc) is 1.94. The van der Waals surface area contributed by atoms with E-state index in [9.17, 15) is 5.11 Å². The first-order valence-corrected chi connectivity index (χ1v) is 4.42. The molecule has 1 aromatic carbocycles. The van der Waals surface area contributed by atoms with E-state index < -0.39 is 0 Å². The molecule has 72 valence electrons. The van der Waals surface area contributed by atoms with Gasteiger partial charge in [-0.15, -0.1) is 0 Å². The summed E-state index contributed by atoms with van der Waals surface area (Å²) in [6.45, 7) is 7.77. The van der Waals surface area contributed by atoms with Gasteiger partial charge in [-0.25, -0.2) is 0 Å². The van der Waals surface area contributed by atoms with E-state index in [4.69, 9.17) is 5.73 Å². The fourth-order valence-corrected chi connectivity index (χ4v) is 1.50. The number of phenols is 1. The van der Waals surface area contributed by atoms with Crippen molar-refractivity contribution in [3.8, 4) is 5.75 Å². The second-order valence-electron chi connectivity index (χ2n) is 4.18. The molecule has 1 rings (SSSR count). The molecule has 0 aliphatic carbocycles. The maximum Gasteiger partial charge on any atom is 0.118 e. The van der Waals surface area contributed by atoms with Crippen LogP contribution in [0.1, 0.15) is 30.5 Å². The highest BCUT2D eigenvalue weighted by molar-refractivity contribution is 5.43. The van der Waals surface area contributed by atoms with Gasteiger partial charge in [0.15, 0.2) is 0 Å². The van der Waals surface area contributed by atoms with Gasteiger partial charge in [0, 0.05) is 5.54 Å². The number of hydrogen-bond acceptors (Lipinski definition) is 2. The predicted octanol–water partition coefficient (Wildman–Crippen LogP) is 2.20. The largest absolute Gasteiger partial charge is 0.508 e. The van der Waals surface area contributed by atoms with Crippen LogP contribution in [0.15, 0.2) is 12.1 Å². The van der Waals surface area contributed by atoms with Crippen LogP contribution in [-0.4, -0.2) is 5.11 Å². The summed E-state index contributed by atoms with van der Waals surface area (Å²) in [5, 5.41) is 9.45. The van der Waals surface area contributed by atoms with Gasteiger partial charge in [-0.2, -0.15) is 0 Å². The predicted molar refractivity (Wildman–Crippen MR) is 54.8 cm³/mol. The number of nitrogens with two attached hydrogens (primary N) is 1. The Labute approximate surface area is 79.4 Å². The lowest BCUT2D eigenvalue weighted by Gasteiger charge is -2.22. The number of aromatic hydroxyl groups is 1. The molecule has 2 nitrogen and oxygen atoms in total. The number of rotatable bonds is 1. The summed E-state index contributed by atoms with van der Waals surface area (Å²) in [5.41, 5.74) is 8.65. The topological polar surface area (TPSA) is 46.2 Å². The first-order valence-electron chi connectivity index (χ1n) is 4.42. The highest BCUT2D eigenvalue weighted by Gasteiger charge is 2.17. The summed E-state index contributed by atoms with van der Waals surface area (Å²) >= 11 is 0. The number of benzene rings is 1. The minimum absolute atomic E-state index is 0.338. The van der Waals surface area contributed by atoms with Gasteiger partial charge in [0.05, 0.1) is 0 Å². The smallest absolute Gasteiger partial charge is 0.118 e. The molecule has 1 aromatic rings. The molecular formula is C11H17NO. The van der Waals surface area contributed by atoms with Crippen LogP contribution < -0.4 is 5.73 Å². The molecule has 0 amide bonds. The fourth-order valence-electron chi connectivity index (χ4n) is 1.50. The molecule has 2 heteroatoms. The quantitative estimate of drug-likeness (QED) is 0.694. The van der Waals surface area contributed by atoms with Gasteiger partial charge < -0.3 is 10.8 Å². The monoisotopic (exact) mass is 179 g/mol. The van der Waals surface area contributed by atoms with Gasteiger partial charge in [0.25, 0.3) is 0 Å². The van der Waals surface area contributed by atoms with E-state index in [1.54, 1.807) is 6.07 Å². The zero-order valence-electron chi connectivity index (χ0n) is 8.68. The summed E-state index contributed by atoms with van der Waals surface area (Å²) in [6.07, 6.45) is 0. The van der Waals surface area contributed by atoms with Crippen molar-refractivity contribution in [1.82, 2.24) is 0 Å². The second-order valence-corrected chi connectivity index (χ2v) is 4.18. The van der Waals surface area contributed by atoms with Crippen LogP contribution in [0.3, 0.4) is 0 Å². The minimum atomic E-state index is -0.345. The molecule has 0 spiro atoms. The zero-order valence-corrected chi connectivity index (χ0v) is 8.68. The number of phenolic OH excluding ortho intramolecular Hbond substituents is 1. The van der Waals surface area contributed by atoms with Crippen molar-refractivity contribution in [3.63, 3.8) is 0 Å². The molecule has 0 radical (unpaired) electrons. The van der Waals surface area contributed by atoms with Gasteiger partial charge in [-0.05, 0) is 50.5 Å². The molecule has 0 atom stereocenters. The van der Waals surface area contributed by atoms with Crippen molar-refractivity contribution < 1.29 is 5.11 Å². The molecule has 0 aliphatic heterocycles. The van der Waals surface area contributed by atoms with E-state index in [-0.39, 0.29) is 5.54 Å². The molecule has 13 heavy (non-hydrogen) atoms. The van der Waals surface area contributed by atoms with Crippen molar-refractivity contribution in [2.24, 2.45) is 5.73 Å². The molecule has 0 aromatic heterocycles. The van der Waals surface area contributed by atoms with E-state index in [2.05, 4.69) is 0 Å². The van der Waals surface area contributed by atoms with Gasteiger partial charge >= 0.3 is 0 Å². The van der Waals surface area contributed by atoms with Crippen molar-refractivity contribution in [2.45, 2.75) is 33.2 Å². The van der Waals surface area contributed by atoms with Crippen LogP contribution >= 0.6 is 0 Å². The maximum atomic E-state index is 9.45. The highest BCUT2D eigenvalue weighted by Crippen LogP contribution is 2.27. The lowest BCUT2D eigenvalue weighted by atomic mass is 9.90. The Hall–Kier alpha value is -1.02. The molecular weight excluding hydrogens is 162 g/mol. The Balaban J connectivity index is 3.32. The van der Waals surface area contributed by atoms with Crippen LogP contribution in [0, 0.1) is 13.8 Å². The van der Waals surface area contributed by atoms with E-state index >= 15 is 0 Å². The first-order chi connectivity index (χ1) is 5.82. The molecule has 0 saturated carbocycles. The Bertz CT molecular complexity index is 324. The van der Waals surface area contributed by atoms with Gasteiger partial charge in [0.1, 0.15) is 5.75 Å². The van der Waals surface area contributed by atoms with Crippen molar-refractivity contribution >= 4 is 0 Å². The normalized spacial score (nSPS) is 11.8. The second kappa shape index (κ2) is 3.04. The van der Waals surface area contributed by atoms with Gasteiger partial charge in [-0.3, -0.25) is 0 Å². The summed E-state index contributed by atoms with van der Waals surface area (Å²) in [5.74, 6) is 0.338. The SMILES string of the molecule is Cc1cc(C(C)(C)N)c(C)cc1O. The standard InChI is InChI=1S/C11H17NO/c1-7-6-10(13)8(2)5-9(7)11(3,4)12/h5-6,13H,12H2,1-4H3. The first kappa shape index (κ1) is 10.1. The van der Waals surface area contributed by atoms with Crippen molar-refractivity contribution in [2.75, 3.05) is 0 Å². The fraction of sp³-hybridized carbons (Fsp3) is 0.455. The third-order valence-electron chi connectivity index (χ3n) is 2.24. The van der Waals surface area contributed by atoms with Crippen LogP contribution in [0.4, 0.5) is 0 Å². The van der Waals surface area contributed by atoms with Crippen LogP contribution in [0.2, 0.25) is 0 Å². The average molecular weight is 179 g/mol. The zero-order chi connectivity index (χ0) is 10.2. The van der Waals surface area contributed by atoms with E-state index in [0.717, 1.165) is 16.7 Å². The lowest BCUT2D eigenvalue weighted by Crippen LogP contribution is -2.29. The molecule has 0 bridgehead atoms. The number of hydrogen-bond donors (Lipinski definition) is 2. The van der Waals surface area contributed by atoms with E-state index in [1.807, 2.05) is 33.8 Å². The third kappa shape index (κ3) is 2.01. The minimum Gasteiger partial charge on any atom is -0.508 e. The van der Waals surface area contributed by atoms with Crippen LogP contribution in [0.25, 0.3) is 0 Å². The third-order valence-corrected chi connectivity index (χ3v) is 2.24. The molecule has 0 fully saturated rings. The molecule has 0 unspecified atom stereocenters. The van der Waals surface area contributed by atoms with E-state index in [1.165, 1.54) is 0 Å². The van der Waals surface area contributed by atoms with Gasteiger partial charge in [-0.1, -0.05) is 6.07 Å². The summed E-state index contributed by atoms with van der Waals surface area (Å²) in [4.78, 5) is 0. The summed E-state index contributed by atoms with van der Waals surface area (Å²) in [6, 6.07) is 3.71. The van der Waals surface area contributed by atoms with E-state index in [0.29, 0.717) is 5.75 Å². The number of aryl methyl sites for hydroxylation is 2. The highest BCUT2D eigenvalue weighted by atomic mass is 16.3. The van der Waals surface area contributed by atoms with Gasteiger partial charge in [0.2, 0.25) is 0 Å². The Morgan fingerprint density at radius 3 is 2.15 bits per heavy atom. The lowest BCUT2D eigenvalue weighted by molar-refractivity contribution is 0.468. The Kier molecular flexibility index (Phi) is 2.35.